The molecule has 3 rings (SSSR count). The van der Waals surface area contributed by atoms with Crippen LogP contribution >= 0.6 is 0 Å². The van der Waals surface area contributed by atoms with Gasteiger partial charge < -0.3 is 9.47 Å². The lowest BCUT2D eigenvalue weighted by atomic mass is 10.0. The highest BCUT2D eigenvalue weighted by Crippen LogP contribution is 2.24. The van der Waals surface area contributed by atoms with Crippen LogP contribution < -0.4 is 9.47 Å². The first-order valence-electron chi connectivity index (χ1n) is 8.44. The van der Waals surface area contributed by atoms with Crippen LogP contribution in [0.5, 0.6) is 11.5 Å². The first-order chi connectivity index (χ1) is 12.9. The minimum atomic E-state index is 0.424. The molecule has 0 atom stereocenters. The van der Waals surface area contributed by atoms with Gasteiger partial charge in [-0.15, -0.1) is 0 Å². The maximum absolute atomic E-state index is 9.49. The van der Waals surface area contributed by atoms with E-state index in [2.05, 4.69) is 6.07 Å². The van der Waals surface area contributed by atoms with Crippen LogP contribution in [-0.2, 0) is 0 Å². The number of nitrogens with zero attached hydrogens (tertiary/aromatic N) is 1. The largest absolute Gasteiger partial charge is 0.490 e. The summed E-state index contributed by atoms with van der Waals surface area (Å²) in [4.78, 5) is 0. The van der Waals surface area contributed by atoms with Crippen LogP contribution in [0.25, 0.3) is 11.6 Å². The fourth-order valence-electron chi connectivity index (χ4n) is 2.51. The third-order valence-electron chi connectivity index (χ3n) is 3.78. The van der Waals surface area contributed by atoms with Gasteiger partial charge in [-0.25, -0.2) is 0 Å². The Labute approximate surface area is 153 Å². The molecule has 0 saturated carbocycles. The van der Waals surface area contributed by atoms with Crippen LogP contribution in [0.15, 0.2) is 84.9 Å². The first-order valence-corrected chi connectivity index (χ1v) is 8.44. The van der Waals surface area contributed by atoms with Crippen molar-refractivity contribution in [2.75, 3.05) is 13.2 Å². The minimum absolute atomic E-state index is 0.424. The fraction of sp³-hybridized carbons (Fsp3) is 0.0870. The van der Waals surface area contributed by atoms with Gasteiger partial charge in [0.1, 0.15) is 24.7 Å². The Bertz CT molecular complexity index is 896. The molecule has 0 N–H and O–H groups in total. The van der Waals surface area contributed by atoms with Crippen LogP contribution in [-0.4, -0.2) is 13.2 Å². The molecule has 3 nitrogen and oxygen atoms in total. The van der Waals surface area contributed by atoms with Crippen molar-refractivity contribution < 1.29 is 9.47 Å². The Morgan fingerprint density at radius 1 is 0.769 bits per heavy atom. The summed E-state index contributed by atoms with van der Waals surface area (Å²) in [5, 5.41) is 9.49. The number of allylic oxidation sites excluding steroid dienone is 1. The van der Waals surface area contributed by atoms with Gasteiger partial charge in [0.15, 0.2) is 0 Å². The lowest BCUT2D eigenvalue weighted by molar-refractivity contribution is 0.217. The third-order valence-corrected chi connectivity index (χ3v) is 3.78. The average Bonchev–Trinajstić information content (AvgIpc) is 2.71. The van der Waals surface area contributed by atoms with Crippen molar-refractivity contribution in [1.82, 2.24) is 0 Å². The Morgan fingerprint density at radius 2 is 1.38 bits per heavy atom. The molecule has 128 valence electrons. The van der Waals surface area contributed by atoms with Gasteiger partial charge in [0.2, 0.25) is 0 Å². The predicted octanol–water partition coefficient (Wildman–Crippen LogP) is 5.21. The molecule has 0 amide bonds. The molecule has 0 aromatic heterocycles. The summed E-state index contributed by atoms with van der Waals surface area (Å²) >= 11 is 0. The van der Waals surface area contributed by atoms with E-state index in [1.54, 1.807) is 0 Å². The molecule has 0 bridgehead atoms. The van der Waals surface area contributed by atoms with Crippen molar-refractivity contribution in [3.63, 3.8) is 0 Å². The summed E-state index contributed by atoms with van der Waals surface area (Å²) in [5.41, 5.74) is 2.35. The second-order valence-electron chi connectivity index (χ2n) is 5.58. The Kier molecular flexibility index (Phi) is 6.06. The maximum Gasteiger partial charge on any atom is 0.126 e. The van der Waals surface area contributed by atoms with Crippen LogP contribution in [0.3, 0.4) is 0 Å². The van der Waals surface area contributed by atoms with Gasteiger partial charge in [0, 0.05) is 5.56 Å². The molecule has 3 heteroatoms. The van der Waals surface area contributed by atoms with Gasteiger partial charge in [-0.05, 0) is 29.8 Å². The standard InChI is InChI=1S/C23H19NO2/c24-18-21(19-9-3-1-4-10-19)17-20-11-7-8-14-23(20)26-16-15-25-22-12-5-2-6-13-22/h1-14,17H,15-16H2. The molecular weight excluding hydrogens is 322 g/mol. The van der Waals surface area contributed by atoms with E-state index in [0.717, 1.165) is 22.6 Å². The highest BCUT2D eigenvalue weighted by molar-refractivity contribution is 5.90. The Morgan fingerprint density at radius 3 is 2.12 bits per heavy atom. The highest BCUT2D eigenvalue weighted by Gasteiger charge is 2.05. The van der Waals surface area contributed by atoms with Gasteiger partial charge in [-0.2, -0.15) is 5.26 Å². The topological polar surface area (TPSA) is 42.2 Å². The van der Waals surface area contributed by atoms with E-state index in [0.29, 0.717) is 18.8 Å². The van der Waals surface area contributed by atoms with Crippen LogP contribution in [0.2, 0.25) is 0 Å². The molecule has 0 spiro atoms. The third kappa shape index (κ3) is 4.75. The van der Waals surface area contributed by atoms with E-state index < -0.39 is 0 Å². The molecule has 0 unspecified atom stereocenters. The van der Waals surface area contributed by atoms with E-state index in [1.165, 1.54) is 0 Å². The van der Waals surface area contributed by atoms with Crippen molar-refractivity contribution in [3.05, 3.63) is 96.1 Å². The summed E-state index contributed by atoms with van der Waals surface area (Å²) in [6, 6.07) is 29.2. The second kappa shape index (κ2) is 9.10. The van der Waals surface area contributed by atoms with Gasteiger partial charge in [-0.1, -0.05) is 66.7 Å². The van der Waals surface area contributed by atoms with Gasteiger partial charge in [-0.3, -0.25) is 0 Å². The molecule has 0 radical (unpaired) electrons. The molecule has 0 aliphatic heterocycles. The number of rotatable bonds is 7. The summed E-state index contributed by atoms with van der Waals surface area (Å²) in [6.07, 6.45) is 1.85. The van der Waals surface area contributed by atoms with E-state index in [9.17, 15) is 5.26 Å². The van der Waals surface area contributed by atoms with Crippen molar-refractivity contribution in [2.45, 2.75) is 0 Å². The smallest absolute Gasteiger partial charge is 0.126 e. The number of hydrogen-bond donors (Lipinski definition) is 0. The van der Waals surface area contributed by atoms with E-state index in [1.807, 2.05) is 91.0 Å². The van der Waals surface area contributed by atoms with Crippen molar-refractivity contribution in [3.8, 4) is 17.6 Å². The Hall–Kier alpha value is -3.51. The number of benzene rings is 3. The zero-order valence-electron chi connectivity index (χ0n) is 14.3. The van der Waals surface area contributed by atoms with Gasteiger partial charge >= 0.3 is 0 Å². The number of hydrogen-bond acceptors (Lipinski definition) is 3. The molecule has 26 heavy (non-hydrogen) atoms. The SMILES string of the molecule is N#CC(=Cc1ccccc1OCCOc1ccccc1)c1ccccc1. The number of ether oxygens (including phenoxy) is 2. The van der Waals surface area contributed by atoms with Crippen molar-refractivity contribution >= 4 is 11.6 Å². The zero-order valence-corrected chi connectivity index (χ0v) is 14.3. The summed E-state index contributed by atoms with van der Waals surface area (Å²) in [6.45, 7) is 0.874. The molecule has 3 aromatic rings. The summed E-state index contributed by atoms with van der Waals surface area (Å²) in [5.74, 6) is 1.55. The van der Waals surface area contributed by atoms with E-state index >= 15 is 0 Å². The molecule has 0 aliphatic carbocycles. The normalized spacial score (nSPS) is 10.8. The second-order valence-corrected chi connectivity index (χ2v) is 5.58. The highest BCUT2D eigenvalue weighted by atomic mass is 16.5. The molecule has 0 aliphatic rings. The molecule has 0 heterocycles. The van der Waals surface area contributed by atoms with Gasteiger partial charge in [0.05, 0.1) is 11.6 Å². The van der Waals surface area contributed by atoms with E-state index in [4.69, 9.17) is 9.47 Å². The van der Waals surface area contributed by atoms with Crippen molar-refractivity contribution in [2.24, 2.45) is 0 Å². The maximum atomic E-state index is 9.49. The van der Waals surface area contributed by atoms with Crippen LogP contribution in [0.4, 0.5) is 0 Å². The van der Waals surface area contributed by atoms with Crippen molar-refractivity contribution in [1.29, 1.82) is 5.26 Å². The minimum Gasteiger partial charge on any atom is -0.490 e. The molecular formula is C23H19NO2. The molecule has 3 aromatic carbocycles. The van der Waals surface area contributed by atoms with Gasteiger partial charge in [0.25, 0.3) is 0 Å². The van der Waals surface area contributed by atoms with Crippen LogP contribution in [0.1, 0.15) is 11.1 Å². The lowest BCUT2D eigenvalue weighted by Gasteiger charge is -2.11. The van der Waals surface area contributed by atoms with E-state index in [-0.39, 0.29) is 0 Å². The molecule has 0 fully saturated rings. The first kappa shape index (κ1) is 17.3. The monoisotopic (exact) mass is 341 g/mol. The molecule has 0 saturated heterocycles. The van der Waals surface area contributed by atoms with Crippen LogP contribution in [0, 0.1) is 11.3 Å². The summed E-state index contributed by atoms with van der Waals surface area (Å²) in [7, 11) is 0. The predicted molar refractivity (Wildman–Crippen MR) is 104 cm³/mol. The number of para-hydroxylation sites is 2. The summed E-state index contributed by atoms with van der Waals surface area (Å²) < 4.78 is 11.5. The lowest BCUT2D eigenvalue weighted by Crippen LogP contribution is -2.09. The zero-order chi connectivity index (χ0) is 18.0. The Balaban J connectivity index is 1.68. The number of nitriles is 1. The average molecular weight is 341 g/mol. The fourth-order valence-corrected chi connectivity index (χ4v) is 2.51. The quantitative estimate of drug-likeness (QED) is 0.337.